The number of hydrogen-bond donors (Lipinski definition) is 2. The van der Waals surface area contributed by atoms with Crippen LogP contribution in [0.25, 0.3) is 0 Å². The van der Waals surface area contributed by atoms with Crippen molar-refractivity contribution in [1.82, 2.24) is 9.99 Å². The standard InChI is InChI=1S/C21H17ClN4O3/c22-18-9-2-1-8-17(18)21(29)24-16-7-5-6-15(12-16)13-23-25-19(27)14-26-11-4-3-10-20(26)28/h1-13H,14H2,(H,24,29)(H,25,27)/b23-13-. The molecule has 146 valence electrons. The molecule has 29 heavy (non-hydrogen) atoms. The quantitative estimate of drug-likeness (QED) is 0.485. The van der Waals surface area contributed by atoms with Crippen LogP contribution in [0.4, 0.5) is 5.69 Å². The Morgan fingerprint density at radius 2 is 1.83 bits per heavy atom. The van der Waals surface area contributed by atoms with Gasteiger partial charge in [-0.1, -0.05) is 41.9 Å². The monoisotopic (exact) mass is 408 g/mol. The van der Waals surface area contributed by atoms with Gasteiger partial charge in [0.2, 0.25) is 0 Å². The lowest BCUT2D eigenvalue weighted by molar-refractivity contribution is -0.121. The Labute approximate surface area is 171 Å². The molecule has 7 nitrogen and oxygen atoms in total. The molecule has 1 aromatic heterocycles. The van der Waals surface area contributed by atoms with Gasteiger partial charge >= 0.3 is 0 Å². The number of hydrogen-bond acceptors (Lipinski definition) is 4. The van der Waals surface area contributed by atoms with E-state index < -0.39 is 5.91 Å². The topological polar surface area (TPSA) is 92.6 Å². The molecule has 0 unspecified atom stereocenters. The van der Waals surface area contributed by atoms with Gasteiger partial charge in [0.05, 0.1) is 16.8 Å². The van der Waals surface area contributed by atoms with Gasteiger partial charge in [-0.15, -0.1) is 0 Å². The van der Waals surface area contributed by atoms with Gasteiger partial charge in [-0.25, -0.2) is 5.43 Å². The largest absolute Gasteiger partial charge is 0.322 e. The van der Waals surface area contributed by atoms with Crippen LogP contribution in [0, 0.1) is 0 Å². The zero-order chi connectivity index (χ0) is 20.6. The zero-order valence-electron chi connectivity index (χ0n) is 15.2. The molecule has 1 heterocycles. The minimum absolute atomic E-state index is 0.134. The molecule has 0 aliphatic rings. The molecule has 0 aliphatic heterocycles. The Hall–Kier alpha value is -3.71. The van der Waals surface area contributed by atoms with Gasteiger partial charge in [0.25, 0.3) is 17.4 Å². The van der Waals surface area contributed by atoms with E-state index in [4.69, 9.17) is 11.6 Å². The molecule has 0 bridgehead atoms. The van der Waals surface area contributed by atoms with E-state index in [2.05, 4.69) is 15.8 Å². The second-order valence-corrected chi connectivity index (χ2v) is 6.43. The van der Waals surface area contributed by atoms with Gasteiger partial charge < -0.3 is 9.88 Å². The Balaban J connectivity index is 1.60. The highest BCUT2D eigenvalue weighted by Gasteiger charge is 2.09. The van der Waals surface area contributed by atoms with E-state index in [1.54, 1.807) is 60.7 Å². The van der Waals surface area contributed by atoms with Gasteiger partial charge in [-0.3, -0.25) is 14.4 Å². The maximum Gasteiger partial charge on any atom is 0.260 e. The smallest absolute Gasteiger partial charge is 0.260 e. The average molecular weight is 409 g/mol. The van der Waals surface area contributed by atoms with Gasteiger partial charge in [-0.2, -0.15) is 5.10 Å². The molecule has 8 heteroatoms. The Morgan fingerprint density at radius 3 is 2.62 bits per heavy atom. The van der Waals surface area contributed by atoms with Crippen LogP contribution in [0.2, 0.25) is 5.02 Å². The lowest BCUT2D eigenvalue weighted by atomic mass is 10.2. The number of halogens is 1. The average Bonchev–Trinajstić information content (AvgIpc) is 2.70. The van der Waals surface area contributed by atoms with Crippen molar-refractivity contribution in [2.45, 2.75) is 6.54 Å². The first kappa shape index (κ1) is 20.0. The van der Waals surface area contributed by atoms with Crippen molar-refractivity contribution in [3.63, 3.8) is 0 Å². The fourth-order valence-electron chi connectivity index (χ4n) is 2.50. The van der Waals surface area contributed by atoms with Crippen LogP contribution in [0.15, 0.2) is 82.8 Å². The predicted octanol–water partition coefficient (Wildman–Crippen LogP) is 2.90. The maximum absolute atomic E-state index is 12.3. The SMILES string of the molecule is O=C(Cn1ccccc1=O)N/N=C\c1cccc(NC(=O)c2ccccc2Cl)c1. The third-order valence-electron chi connectivity index (χ3n) is 3.88. The first-order valence-corrected chi connectivity index (χ1v) is 9.04. The van der Waals surface area contributed by atoms with E-state index in [0.29, 0.717) is 21.8 Å². The molecule has 0 radical (unpaired) electrons. The molecule has 0 fully saturated rings. The van der Waals surface area contributed by atoms with E-state index in [-0.39, 0.29) is 18.0 Å². The first-order chi connectivity index (χ1) is 14.0. The summed E-state index contributed by atoms with van der Waals surface area (Å²) in [6.45, 7) is -0.134. The summed E-state index contributed by atoms with van der Waals surface area (Å²) in [7, 11) is 0. The van der Waals surface area contributed by atoms with Crippen LogP contribution in [0.5, 0.6) is 0 Å². The van der Waals surface area contributed by atoms with Crippen molar-refractivity contribution in [2.75, 3.05) is 5.32 Å². The zero-order valence-corrected chi connectivity index (χ0v) is 16.0. The lowest BCUT2D eigenvalue weighted by Gasteiger charge is -2.07. The summed E-state index contributed by atoms with van der Waals surface area (Å²) >= 11 is 6.04. The Bertz CT molecular complexity index is 1120. The Morgan fingerprint density at radius 1 is 1.03 bits per heavy atom. The summed E-state index contributed by atoms with van der Waals surface area (Å²) in [6, 6.07) is 18.3. The van der Waals surface area contributed by atoms with E-state index in [9.17, 15) is 14.4 Å². The normalized spacial score (nSPS) is 10.7. The van der Waals surface area contributed by atoms with E-state index >= 15 is 0 Å². The van der Waals surface area contributed by atoms with Crippen molar-refractivity contribution in [3.8, 4) is 0 Å². The molecule has 2 amide bonds. The van der Waals surface area contributed by atoms with E-state index in [1.807, 2.05) is 0 Å². The van der Waals surface area contributed by atoms with Gasteiger partial charge in [0.1, 0.15) is 6.54 Å². The number of carbonyl (C=O) groups excluding carboxylic acids is 2. The van der Waals surface area contributed by atoms with Crippen LogP contribution >= 0.6 is 11.6 Å². The molecule has 2 N–H and O–H groups in total. The lowest BCUT2D eigenvalue weighted by Crippen LogP contribution is -2.28. The fourth-order valence-corrected chi connectivity index (χ4v) is 2.72. The number of amides is 2. The van der Waals surface area contributed by atoms with E-state index in [1.165, 1.54) is 23.0 Å². The van der Waals surface area contributed by atoms with Crippen molar-refractivity contribution in [1.29, 1.82) is 0 Å². The molecular formula is C21H17ClN4O3. The van der Waals surface area contributed by atoms with Crippen molar-refractivity contribution < 1.29 is 9.59 Å². The molecule has 2 aromatic carbocycles. The summed E-state index contributed by atoms with van der Waals surface area (Å²) in [5.41, 5.74) is 3.69. The Kier molecular flexibility index (Phi) is 6.55. The summed E-state index contributed by atoms with van der Waals surface area (Å²) in [5.74, 6) is -0.760. The summed E-state index contributed by atoms with van der Waals surface area (Å²) in [6.07, 6.45) is 2.97. The van der Waals surface area contributed by atoms with Gasteiger partial charge in [-0.05, 0) is 35.9 Å². The fraction of sp³-hybridized carbons (Fsp3) is 0.0476. The molecular weight excluding hydrogens is 392 g/mol. The highest BCUT2D eigenvalue weighted by molar-refractivity contribution is 6.34. The van der Waals surface area contributed by atoms with Crippen LogP contribution in [0.1, 0.15) is 15.9 Å². The van der Waals surface area contributed by atoms with Crippen LogP contribution < -0.4 is 16.3 Å². The third kappa shape index (κ3) is 5.63. The third-order valence-corrected chi connectivity index (χ3v) is 4.21. The van der Waals surface area contributed by atoms with Gasteiger partial charge in [0.15, 0.2) is 0 Å². The summed E-state index contributed by atoms with van der Waals surface area (Å²) < 4.78 is 1.27. The van der Waals surface area contributed by atoms with Crippen LogP contribution in [-0.4, -0.2) is 22.6 Å². The number of benzene rings is 2. The number of hydrazone groups is 1. The van der Waals surface area contributed by atoms with Crippen LogP contribution in [0.3, 0.4) is 0 Å². The van der Waals surface area contributed by atoms with Crippen molar-refractivity contribution >= 4 is 35.3 Å². The molecule has 3 aromatic rings. The highest BCUT2D eigenvalue weighted by atomic mass is 35.5. The highest BCUT2D eigenvalue weighted by Crippen LogP contribution is 2.17. The molecule has 3 rings (SSSR count). The van der Waals surface area contributed by atoms with Gasteiger partial charge in [0, 0.05) is 18.0 Å². The number of aromatic nitrogens is 1. The number of rotatable bonds is 6. The van der Waals surface area contributed by atoms with Crippen LogP contribution in [-0.2, 0) is 11.3 Å². The predicted molar refractivity (Wildman–Crippen MR) is 112 cm³/mol. The molecule has 0 spiro atoms. The molecule has 0 atom stereocenters. The summed E-state index contributed by atoms with van der Waals surface area (Å²) in [4.78, 5) is 35.8. The van der Waals surface area contributed by atoms with Crippen molar-refractivity contribution in [3.05, 3.63) is 99.4 Å². The molecule has 0 saturated carbocycles. The van der Waals surface area contributed by atoms with E-state index in [0.717, 1.165) is 0 Å². The van der Waals surface area contributed by atoms with Crippen molar-refractivity contribution in [2.24, 2.45) is 5.10 Å². The minimum atomic E-state index is -0.433. The number of pyridine rings is 1. The number of anilines is 1. The summed E-state index contributed by atoms with van der Waals surface area (Å²) in [5, 5.41) is 7.02. The number of carbonyl (C=O) groups is 2. The molecule has 0 saturated heterocycles. The second-order valence-electron chi connectivity index (χ2n) is 6.02. The second kappa shape index (κ2) is 9.48. The molecule has 0 aliphatic carbocycles. The maximum atomic E-state index is 12.3. The first-order valence-electron chi connectivity index (χ1n) is 8.66. The number of nitrogens with zero attached hydrogens (tertiary/aromatic N) is 2. The number of nitrogens with one attached hydrogen (secondary N) is 2. The minimum Gasteiger partial charge on any atom is -0.322 e.